The number of hydrogen-bond donors (Lipinski definition) is 2. The van der Waals surface area contributed by atoms with Crippen molar-refractivity contribution in [3.8, 4) is 0 Å². The van der Waals surface area contributed by atoms with Gasteiger partial charge in [-0.2, -0.15) is 0 Å². The van der Waals surface area contributed by atoms with E-state index in [1.165, 1.54) is 36.7 Å². The number of benzene rings is 2. The quantitative estimate of drug-likeness (QED) is 0.474. The molecule has 0 unspecified atom stereocenters. The lowest BCUT2D eigenvalue weighted by atomic mass is 10.0. The first-order valence-electron chi connectivity index (χ1n) is 9.37. The highest BCUT2D eigenvalue weighted by atomic mass is 32.2. The van der Waals surface area contributed by atoms with Gasteiger partial charge in [0.2, 0.25) is 11.9 Å². The fraction of sp³-hybridized carbons (Fsp3) is 0.143. The largest absolute Gasteiger partial charge is 0.356 e. The van der Waals surface area contributed by atoms with Gasteiger partial charge in [0.25, 0.3) is 10.0 Å². The minimum atomic E-state index is -3.84. The molecule has 0 spiro atoms. The minimum Gasteiger partial charge on any atom is -0.356 e. The number of anilines is 2. The van der Waals surface area contributed by atoms with Gasteiger partial charge in [-0.15, -0.1) is 0 Å². The number of nitrogens with zero attached hydrogens (tertiary/aromatic N) is 3. The van der Waals surface area contributed by atoms with E-state index >= 15 is 0 Å². The molecule has 0 radical (unpaired) electrons. The molecule has 0 aliphatic carbocycles. The third kappa shape index (κ3) is 4.53. The van der Waals surface area contributed by atoms with Crippen molar-refractivity contribution in [3.05, 3.63) is 71.7 Å². The Hall–Kier alpha value is -3.79. The molecule has 4 rings (SSSR count). The van der Waals surface area contributed by atoms with Crippen molar-refractivity contribution in [2.24, 2.45) is 0 Å². The molecule has 31 heavy (non-hydrogen) atoms. The van der Waals surface area contributed by atoms with E-state index in [0.29, 0.717) is 17.0 Å². The van der Waals surface area contributed by atoms with E-state index in [1.54, 1.807) is 6.07 Å². The zero-order valence-electron chi connectivity index (χ0n) is 16.8. The molecule has 158 valence electrons. The Morgan fingerprint density at radius 2 is 1.77 bits per heavy atom. The first-order chi connectivity index (χ1) is 14.8. The van der Waals surface area contributed by atoms with Gasteiger partial charge in [-0.05, 0) is 61.4 Å². The first-order valence-corrected chi connectivity index (χ1v) is 10.9. The van der Waals surface area contributed by atoms with Crippen LogP contribution in [-0.2, 0) is 21.2 Å². The molecule has 0 aliphatic heterocycles. The number of nitrogens with one attached hydrogen (secondary N) is 2. The summed E-state index contributed by atoms with van der Waals surface area (Å²) in [5.74, 6) is -0.313. The number of hydrogen-bond acceptors (Lipinski definition) is 7. The van der Waals surface area contributed by atoms with Crippen LogP contribution in [-0.4, -0.2) is 29.4 Å². The number of carbonyl (C=O) groups excluding carboxylic acids is 1. The van der Waals surface area contributed by atoms with E-state index in [-0.39, 0.29) is 23.2 Å². The van der Waals surface area contributed by atoms with Crippen molar-refractivity contribution in [3.63, 3.8) is 0 Å². The molecule has 2 N–H and O–H groups in total. The first kappa shape index (κ1) is 20.5. The van der Waals surface area contributed by atoms with Crippen LogP contribution < -0.4 is 10.0 Å². The van der Waals surface area contributed by atoms with Crippen molar-refractivity contribution in [1.29, 1.82) is 0 Å². The van der Waals surface area contributed by atoms with Crippen LogP contribution in [0.5, 0.6) is 0 Å². The summed E-state index contributed by atoms with van der Waals surface area (Å²) in [7, 11) is -3.84. The average Bonchev–Trinajstić information content (AvgIpc) is 3.11. The van der Waals surface area contributed by atoms with Crippen LogP contribution in [0, 0.1) is 13.8 Å². The summed E-state index contributed by atoms with van der Waals surface area (Å²) < 4.78 is 32.5. The van der Waals surface area contributed by atoms with E-state index in [0.717, 1.165) is 16.5 Å². The number of fused-ring (bicyclic) bond motifs is 1. The van der Waals surface area contributed by atoms with E-state index in [2.05, 4.69) is 25.2 Å². The molecule has 2 heterocycles. The van der Waals surface area contributed by atoms with E-state index < -0.39 is 10.0 Å². The highest BCUT2D eigenvalue weighted by Gasteiger charge is 2.17. The number of aryl methyl sites for hydroxylation is 2. The van der Waals surface area contributed by atoms with Crippen molar-refractivity contribution >= 4 is 38.5 Å². The Balaban J connectivity index is 1.45. The molecule has 2 aromatic carbocycles. The molecule has 0 saturated carbocycles. The predicted octanol–water partition coefficient (Wildman–Crippen LogP) is 3.22. The molecule has 0 fully saturated rings. The number of amides is 1. The Bertz CT molecular complexity index is 1350. The lowest BCUT2D eigenvalue weighted by Crippen LogP contribution is -2.16. The second kappa shape index (κ2) is 8.15. The normalized spacial score (nSPS) is 11.4. The molecule has 4 aromatic rings. The summed E-state index contributed by atoms with van der Waals surface area (Å²) in [5, 5.41) is 7.60. The van der Waals surface area contributed by atoms with Crippen LogP contribution in [0.15, 0.2) is 64.3 Å². The summed E-state index contributed by atoms with van der Waals surface area (Å²) in [6, 6.07) is 11.3. The number of carbonyl (C=O) groups is 1. The van der Waals surface area contributed by atoms with Gasteiger partial charge < -0.3 is 9.84 Å². The lowest BCUT2D eigenvalue weighted by molar-refractivity contribution is -0.115. The zero-order valence-corrected chi connectivity index (χ0v) is 17.6. The molecule has 0 aliphatic rings. The highest BCUT2D eigenvalue weighted by Crippen LogP contribution is 2.25. The van der Waals surface area contributed by atoms with Crippen molar-refractivity contribution in [2.45, 2.75) is 25.2 Å². The van der Waals surface area contributed by atoms with E-state index in [4.69, 9.17) is 4.52 Å². The smallest absolute Gasteiger partial charge is 0.264 e. The number of rotatable bonds is 6. The van der Waals surface area contributed by atoms with Gasteiger partial charge in [0.15, 0.2) is 5.58 Å². The molecule has 2 aromatic heterocycles. The van der Waals surface area contributed by atoms with Crippen molar-refractivity contribution < 1.29 is 17.7 Å². The fourth-order valence-electron chi connectivity index (χ4n) is 3.25. The SMILES string of the molecule is Cc1cc(C)c2c(CC(=O)Nc3ccc(S(=O)(=O)Nc4ncccn4)cc3)noc2c1. The van der Waals surface area contributed by atoms with Crippen molar-refractivity contribution in [2.75, 3.05) is 10.0 Å². The highest BCUT2D eigenvalue weighted by molar-refractivity contribution is 7.92. The fourth-order valence-corrected chi connectivity index (χ4v) is 4.20. The van der Waals surface area contributed by atoms with E-state index in [1.807, 2.05) is 26.0 Å². The Labute approximate surface area is 178 Å². The predicted molar refractivity (Wildman–Crippen MR) is 115 cm³/mol. The lowest BCUT2D eigenvalue weighted by Gasteiger charge is -2.08. The van der Waals surface area contributed by atoms with E-state index in [9.17, 15) is 13.2 Å². The second-order valence-electron chi connectivity index (χ2n) is 7.01. The van der Waals surface area contributed by atoms with Crippen LogP contribution >= 0.6 is 0 Å². The topological polar surface area (TPSA) is 127 Å². The Morgan fingerprint density at radius 3 is 2.48 bits per heavy atom. The average molecular weight is 437 g/mol. The molecule has 9 nitrogen and oxygen atoms in total. The Morgan fingerprint density at radius 1 is 1.06 bits per heavy atom. The summed E-state index contributed by atoms with van der Waals surface area (Å²) in [6.45, 7) is 3.91. The monoisotopic (exact) mass is 437 g/mol. The van der Waals surface area contributed by atoms with Crippen molar-refractivity contribution in [1.82, 2.24) is 15.1 Å². The van der Waals surface area contributed by atoms with Gasteiger partial charge in [-0.25, -0.2) is 23.1 Å². The minimum absolute atomic E-state index is 0.0199. The summed E-state index contributed by atoms with van der Waals surface area (Å²) in [5.41, 5.74) is 3.70. The third-order valence-corrected chi connectivity index (χ3v) is 5.90. The number of aromatic nitrogens is 3. The number of sulfonamides is 1. The van der Waals surface area contributed by atoms with Crippen LogP contribution in [0.4, 0.5) is 11.6 Å². The van der Waals surface area contributed by atoms with Crippen LogP contribution in [0.25, 0.3) is 11.0 Å². The van der Waals surface area contributed by atoms with Crippen LogP contribution in [0.3, 0.4) is 0 Å². The summed E-state index contributed by atoms with van der Waals surface area (Å²) >= 11 is 0. The molecular weight excluding hydrogens is 418 g/mol. The van der Waals surface area contributed by atoms with Gasteiger partial charge in [-0.3, -0.25) is 4.79 Å². The second-order valence-corrected chi connectivity index (χ2v) is 8.69. The third-order valence-electron chi connectivity index (χ3n) is 4.55. The standard InChI is InChI=1S/C21H19N5O4S/c1-13-10-14(2)20-17(25-30-18(20)11-13)12-19(27)24-15-4-6-16(7-5-15)31(28,29)26-21-22-8-3-9-23-21/h3-11H,12H2,1-2H3,(H,24,27)(H,22,23,26). The van der Waals surface area contributed by atoms with Gasteiger partial charge in [0, 0.05) is 23.5 Å². The molecule has 0 atom stereocenters. The Kier molecular flexibility index (Phi) is 5.38. The zero-order chi connectivity index (χ0) is 22.0. The summed E-state index contributed by atoms with van der Waals surface area (Å²) in [6.07, 6.45) is 2.90. The van der Waals surface area contributed by atoms with Gasteiger partial charge in [0.1, 0.15) is 5.69 Å². The van der Waals surface area contributed by atoms with Crippen LogP contribution in [0.1, 0.15) is 16.8 Å². The molecular formula is C21H19N5O4S. The molecule has 1 amide bonds. The molecule has 10 heteroatoms. The summed E-state index contributed by atoms with van der Waals surface area (Å²) in [4.78, 5) is 20.2. The maximum absolute atomic E-state index is 12.5. The maximum Gasteiger partial charge on any atom is 0.264 e. The van der Waals surface area contributed by atoms with Crippen LogP contribution in [0.2, 0.25) is 0 Å². The van der Waals surface area contributed by atoms with Gasteiger partial charge >= 0.3 is 0 Å². The van der Waals surface area contributed by atoms with Gasteiger partial charge in [0.05, 0.1) is 11.3 Å². The van der Waals surface area contributed by atoms with Gasteiger partial charge in [-0.1, -0.05) is 11.2 Å². The maximum atomic E-state index is 12.5. The molecule has 0 bridgehead atoms. The molecule has 0 saturated heterocycles.